The van der Waals surface area contributed by atoms with E-state index >= 15 is 0 Å². The Morgan fingerprint density at radius 3 is 2.26 bits per heavy atom. The summed E-state index contributed by atoms with van der Waals surface area (Å²) in [4.78, 5) is 29.9. The number of nitrogens with zero attached hydrogens (tertiary/aromatic N) is 4. The molecular formula is C33H34FN5O3. The molecule has 0 unspecified atom stereocenters. The number of benzene rings is 3. The summed E-state index contributed by atoms with van der Waals surface area (Å²) in [5, 5.41) is 13.5. The molecule has 216 valence electrons. The van der Waals surface area contributed by atoms with Crippen molar-refractivity contribution in [3.8, 4) is 5.69 Å². The lowest BCUT2D eigenvalue weighted by molar-refractivity contribution is 0.0706. The number of piperidine rings is 1. The molecule has 2 aliphatic heterocycles. The fourth-order valence-electron chi connectivity index (χ4n) is 6.26. The second kappa shape index (κ2) is 12.3. The number of rotatable bonds is 7. The second-order valence-corrected chi connectivity index (χ2v) is 11.2. The maximum atomic E-state index is 13.9. The molecule has 0 saturated carbocycles. The Morgan fingerprint density at radius 1 is 0.881 bits per heavy atom. The lowest BCUT2D eigenvalue weighted by Gasteiger charge is -2.33. The summed E-state index contributed by atoms with van der Waals surface area (Å²) >= 11 is 0. The molecule has 6 rings (SSSR count). The van der Waals surface area contributed by atoms with Crippen LogP contribution in [0.5, 0.6) is 0 Å². The number of aromatic nitrogens is 2. The number of carbonyl (C=O) groups excluding carboxylic acids is 2. The Labute approximate surface area is 244 Å². The Morgan fingerprint density at radius 2 is 1.57 bits per heavy atom. The summed E-state index contributed by atoms with van der Waals surface area (Å²) in [6.07, 6.45) is 4.32. The molecule has 8 nitrogen and oxygen atoms in total. The van der Waals surface area contributed by atoms with Crippen LogP contribution in [-0.2, 0) is 6.54 Å². The third-order valence-corrected chi connectivity index (χ3v) is 8.55. The van der Waals surface area contributed by atoms with Crippen LogP contribution >= 0.6 is 0 Å². The van der Waals surface area contributed by atoms with E-state index in [9.17, 15) is 14.0 Å². The number of hydroxylamine groups is 1. The zero-order chi connectivity index (χ0) is 29.1. The van der Waals surface area contributed by atoms with Gasteiger partial charge in [0.05, 0.1) is 23.1 Å². The molecule has 3 heterocycles. The van der Waals surface area contributed by atoms with Gasteiger partial charge in [-0.3, -0.25) is 19.7 Å². The first-order valence-electron chi connectivity index (χ1n) is 14.4. The van der Waals surface area contributed by atoms with Crippen LogP contribution in [0.15, 0.2) is 85.1 Å². The molecule has 1 atom stereocenters. The van der Waals surface area contributed by atoms with Crippen molar-refractivity contribution in [2.75, 3.05) is 26.2 Å². The van der Waals surface area contributed by atoms with Crippen molar-refractivity contribution >= 4 is 11.8 Å². The van der Waals surface area contributed by atoms with Gasteiger partial charge in [-0.2, -0.15) is 5.10 Å². The molecule has 0 aliphatic carbocycles. The Balaban J connectivity index is 1.20. The van der Waals surface area contributed by atoms with E-state index in [4.69, 9.17) is 5.21 Å². The fraction of sp³-hybridized carbons (Fsp3) is 0.303. The second-order valence-electron chi connectivity index (χ2n) is 11.2. The average Bonchev–Trinajstić information content (AvgIpc) is 3.71. The van der Waals surface area contributed by atoms with Crippen LogP contribution in [-0.4, -0.2) is 62.8 Å². The van der Waals surface area contributed by atoms with E-state index in [1.807, 2.05) is 39.9 Å². The third-order valence-electron chi connectivity index (χ3n) is 8.55. The fourth-order valence-corrected chi connectivity index (χ4v) is 6.26. The average molecular weight is 568 g/mol. The van der Waals surface area contributed by atoms with Crippen LogP contribution < -0.4 is 5.48 Å². The highest BCUT2D eigenvalue weighted by Gasteiger charge is 2.34. The van der Waals surface area contributed by atoms with Gasteiger partial charge < -0.3 is 4.90 Å². The van der Waals surface area contributed by atoms with Crippen LogP contribution in [0.25, 0.3) is 5.69 Å². The standard InChI is InChI=1S/C33H34FN5O3/c34-28-10-12-29(13-11-28)39-31(25-14-17-37(18-15-25)21-23-6-8-26(9-7-23)32(40)36-42)30(20-35-39)33(41)38-19-16-27(22-38)24-4-2-1-3-5-24/h1-13,20,25,27,42H,14-19,21-22H2,(H,36,40)/t27-/m0/s1. The van der Waals surface area contributed by atoms with Crippen molar-refractivity contribution in [3.63, 3.8) is 0 Å². The molecule has 2 aliphatic rings. The van der Waals surface area contributed by atoms with Gasteiger partial charge in [-0.05, 0) is 79.9 Å². The van der Waals surface area contributed by atoms with Crippen LogP contribution in [0.2, 0.25) is 0 Å². The Kier molecular flexibility index (Phi) is 8.12. The smallest absolute Gasteiger partial charge is 0.274 e. The van der Waals surface area contributed by atoms with Gasteiger partial charge in [0.15, 0.2) is 0 Å². The molecule has 2 saturated heterocycles. The highest BCUT2D eigenvalue weighted by molar-refractivity contribution is 5.96. The van der Waals surface area contributed by atoms with Crippen molar-refractivity contribution in [2.45, 2.75) is 37.6 Å². The molecule has 2 amide bonds. The molecule has 0 radical (unpaired) electrons. The van der Waals surface area contributed by atoms with Gasteiger partial charge in [0, 0.05) is 37.0 Å². The van der Waals surface area contributed by atoms with Crippen molar-refractivity contribution in [3.05, 3.63) is 119 Å². The predicted octanol–water partition coefficient (Wildman–Crippen LogP) is 5.14. The van der Waals surface area contributed by atoms with Gasteiger partial charge in [0.1, 0.15) is 5.82 Å². The zero-order valence-corrected chi connectivity index (χ0v) is 23.3. The highest BCUT2D eigenvalue weighted by Crippen LogP contribution is 2.35. The number of amides is 2. The lowest BCUT2D eigenvalue weighted by Crippen LogP contribution is -2.34. The van der Waals surface area contributed by atoms with E-state index in [1.165, 1.54) is 17.7 Å². The minimum atomic E-state index is -0.532. The molecule has 3 aromatic carbocycles. The maximum absolute atomic E-state index is 13.9. The molecule has 0 bridgehead atoms. The molecule has 2 N–H and O–H groups in total. The normalized spacial score (nSPS) is 17.9. The number of nitrogens with one attached hydrogen (secondary N) is 1. The van der Waals surface area contributed by atoms with Gasteiger partial charge >= 0.3 is 0 Å². The molecule has 2 fully saturated rings. The highest BCUT2D eigenvalue weighted by atomic mass is 19.1. The summed E-state index contributed by atoms with van der Waals surface area (Å²) in [6, 6.07) is 23.8. The Bertz CT molecular complexity index is 1530. The zero-order valence-electron chi connectivity index (χ0n) is 23.3. The van der Waals surface area contributed by atoms with E-state index in [2.05, 4.69) is 22.1 Å². The van der Waals surface area contributed by atoms with Gasteiger partial charge in [-0.25, -0.2) is 14.6 Å². The van der Waals surface area contributed by atoms with Crippen LogP contribution in [0, 0.1) is 5.82 Å². The summed E-state index contributed by atoms with van der Waals surface area (Å²) < 4.78 is 15.6. The summed E-state index contributed by atoms with van der Waals surface area (Å²) in [7, 11) is 0. The summed E-state index contributed by atoms with van der Waals surface area (Å²) in [5.74, 6) is -0.399. The molecule has 0 spiro atoms. The Hall–Kier alpha value is -4.34. The number of halogens is 1. The number of likely N-dealkylation sites (tertiary alicyclic amines) is 2. The first-order valence-corrected chi connectivity index (χ1v) is 14.4. The minimum Gasteiger partial charge on any atom is -0.338 e. The van der Waals surface area contributed by atoms with E-state index < -0.39 is 5.91 Å². The van der Waals surface area contributed by atoms with Crippen LogP contribution in [0.4, 0.5) is 4.39 Å². The van der Waals surface area contributed by atoms with E-state index in [0.717, 1.165) is 55.8 Å². The van der Waals surface area contributed by atoms with Crippen LogP contribution in [0.1, 0.15) is 68.6 Å². The predicted molar refractivity (Wildman–Crippen MR) is 156 cm³/mol. The number of hydrogen-bond donors (Lipinski definition) is 2. The number of hydrogen-bond acceptors (Lipinski definition) is 5. The largest absolute Gasteiger partial charge is 0.338 e. The van der Waals surface area contributed by atoms with E-state index in [-0.39, 0.29) is 17.6 Å². The van der Waals surface area contributed by atoms with Gasteiger partial charge in [-0.15, -0.1) is 0 Å². The number of carbonyl (C=O) groups is 2. The first-order chi connectivity index (χ1) is 20.5. The third kappa shape index (κ3) is 5.84. The first kappa shape index (κ1) is 27.8. The van der Waals surface area contributed by atoms with Gasteiger partial charge in [0.2, 0.25) is 0 Å². The quantitative estimate of drug-likeness (QED) is 0.239. The van der Waals surface area contributed by atoms with Crippen molar-refractivity contribution in [1.29, 1.82) is 0 Å². The monoisotopic (exact) mass is 567 g/mol. The van der Waals surface area contributed by atoms with E-state index in [0.29, 0.717) is 30.1 Å². The topological polar surface area (TPSA) is 90.7 Å². The summed E-state index contributed by atoms with van der Waals surface area (Å²) in [6.45, 7) is 3.81. The minimum absolute atomic E-state index is 0.00577. The van der Waals surface area contributed by atoms with Crippen molar-refractivity contribution in [2.24, 2.45) is 0 Å². The molecule has 4 aromatic rings. The molecule has 9 heteroatoms. The van der Waals surface area contributed by atoms with Crippen molar-refractivity contribution < 1.29 is 19.2 Å². The molecular weight excluding hydrogens is 533 g/mol. The van der Waals surface area contributed by atoms with Gasteiger partial charge in [0.25, 0.3) is 11.8 Å². The van der Waals surface area contributed by atoms with Gasteiger partial charge in [-0.1, -0.05) is 42.5 Å². The summed E-state index contributed by atoms with van der Waals surface area (Å²) in [5.41, 5.74) is 6.66. The van der Waals surface area contributed by atoms with Crippen molar-refractivity contribution in [1.82, 2.24) is 25.1 Å². The maximum Gasteiger partial charge on any atom is 0.274 e. The van der Waals surface area contributed by atoms with E-state index in [1.54, 1.807) is 35.9 Å². The SMILES string of the molecule is O=C(NO)c1ccc(CN2CCC(c3c(C(=O)N4CC[C@H](c5ccccc5)C4)cnn3-c3ccc(F)cc3)CC2)cc1. The molecule has 1 aromatic heterocycles. The van der Waals surface area contributed by atoms with Crippen LogP contribution in [0.3, 0.4) is 0 Å². The lowest BCUT2D eigenvalue weighted by atomic mass is 9.90. The molecule has 42 heavy (non-hydrogen) atoms.